The summed E-state index contributed by atoms with van der Waals surface area (Å²) in [5.74, 6) is -0.687. The molecule has 9 heteroatoms. The Morgan fingerprint density at radius 2 is 1.73 bits per heavy atom. The van der Waals surface area contributed by atoms with E-state index in [9.17, 15) is 22.8 Å². The van der Waals surface area contributed by atoms with E-state index in [1.807, 2.05) is 19.1 Å². The molecule has 2 aliphatic rings. The molecule has 2 heterocycles. The van der Waals surface area contributed by atoms with Crippen LogP contribution in [-0.2, 0) is 17.5 Å². The summed E-state index contributed by atoms with van der Waals surface area (Å²) in [5, 5.41) is 2.89. The molecule has 192 valence electrons. The first-order chi connectivity index (χ1) is 17.7. The zero-order valence-corrected chi connectivity index (χ0v) is 20.0. The maximum Gasteiger partial charge on any atom is 0.416 e. The van der Waals surface area contributed by atoms with Gasteiger partial charge < -0.3 is 19.7 Å². The van der Waals surface area contributed by atoms with Gasteiger partial charge >= 0.3 is 6.18 Å². The quantitative estimate of drug-likeness (QED) is 0.530. The molecule has 3 aromatic rings. The Bertz CT molecular complexity index is 1320. The van der Waals surface area contributed by atoms with Crippen LogP contribution in [0.3, 0.4) is 0 Å². The number of halogens is 3. The van der Waals surface area contributed by atoms with Gasteiger partial charge in [0.2, 0.25) is 12.7 Å². The summed E-state index contributed by atoms with van der Waals surface area (Å²) < 4.78 is 50.9. The molecule has 0 bridgehead atoms. The second-order valence-corrected chi connectivity index (χ2v) is 9.32. The van der Waals surface area contributed by atoms with Crippen molar-refractivity contribution in [2.75, 3.05) is 19.9 Å². The summed E-state index contributed by atoms with van der Waals surface area (Å²) >= 11 is 0. The minimum atomic E-state index is -4.51. The molecule has 0 aliphatic carbocycles. The molecule has 5 rings (SSSR count). The highest BCUT2D eigenvalue weighted by atomic mass is 19.4. The molecule has 37 heavy (non-hydrogen) atoms. The number of fused-ring (bicyclic) bond motifs is 1. The van der Waals surface area contributed by atoms with Crippen LogP contribution in [-0.4, -0.2) is 36.6 Å². The van der Waals surface area contributed by atoms with Crippen LogP contribution < -0.4 is 14.8 Å². The third-order valence-electron chi connectivity index (χ3n) is 6.79. The number of rotatable bonds is 5. The lowest BCUT2D eigenvalue weighted by molar-refractivity contribution is -0.137. The number of nitrogens with zero attached hydrogens (tertiary/aromatic N) is 1. The van der Waals surface area contributed by atoms with Gasteiger partial charge in [-0.05, 0) is 48.4 Å². The van der Waals surface area contributed by atoms with Crippen molar-refractivity contribution in [1.82, 2.24) is 10.2 Å². The van der Waals surface area contributed by atoms with E-state index in [1.165, 1.54) is 6.07 Å². The fourth-order valence-electron chi connectivity index (χ4n) is 4.77. The number of aryl methyl sites for hydroxylation is 1. The van der Waals surface area contributed by atoms with Crippen molar-refractivity contribution in [2.45, 2.75) is 25.6 Å². The van der Waals surface area contributed by atoms with Crippen LogP contribution in [0.2, 0.25) is 0 Å². The fourth-order valence-corrected chi connectivity index (χ4v) is 4.77. The lowest BCUT2D eigenvalue weighted by atomic mass is 9.87. The Kier molecular flexibility index (Phi) is 6.54. The third kappa shape index (κ3) is 5.26. The Labute approximate surface area is 212 Å². The molecule has 2 aliphatic heterocycles. The van der Waals surface area contributed by atoms with Gasteiger partial charge in [-0.25, -0.2) is 0 Å². The minimum absolute atomic E-state index is 0.0978. The van der Waals surface area contributed by atoms with E-state index in [2.05, 4.69) is 5.32 Å². The molecule has 2 amide bonds. The highest BCUT2D eigenvalue weighted by Gasteiger charge is 2.41. The number of carbonyl (C=O) groups excluding carboxylic acids is 2. The zero-order chi connectivity index (χ0) is 26.2. The molecule has 1 N–H and O–H groups in total. The Hall–Kier alpha value is -4.01. The van der Waals surface area contributed by atoms with Gasteiger partial charge in [-0.2, -0.15) is 13.2 Å². The van der Waals surface area contributed by atoms with Gasteiger partial charge in [-0.15, -0.1) is 0 Å². The molecule has 0 radical (unpaired) electrons. The molecule has 3 aromatic carbocycles. The van der Waals surface area contributed by atoms with E-state index in [-0.39, 0.29) is 38.2 Å². The molecule has 2 atom stereocenters. The van der Waals surface area contributed by atoms with Gasteiger partial charge in [-0.3, -0.25) is 9.59 Å². The number of carbonyl (C=O) groups is 2. The third-order valence-corrected chi connectivity index (χ3v) is 6.79. The predicted molar refractivity (Wildman–Crippen MR) is 129 cm³/mol. The van der Waals surface area contributed by atoms with Crippen LogP contribution >= 0.6 is 0 Å². The topological polar surface area (TPSA) is 67.9 Å². The average molecular weight is 511 g/mol. The number of alkyl halides is 3. The largest absolute Gasteiger partial charge is 0.454 e. The van der Waals surface area contributed by atoms with Crippen molar-refractivity contribution in [3.8, 4) is 11.5 Å². The summed E-state index contributed by atoms with van der Waals surface area (Å²) in [6.07, 6.45) is -4.51. The number of benzene rings is 3. The summed E-state index contributed by atoms with van der Waals surface area (Å²) in [7, 11) is 0. The lowest BCUT2D eigenvalue weighted by Gasteiger charge is -2.19. The van der Waals surface area contributed by atoms with Gasteiger partial charge in [-0.1, -0.05) is 42.0 Å². The maximum absolute atomic E-state index is 13.4. The molecule has 0 unspecified atom stereocenters. The summed E-state index contributed by atoms with van der Waals surface area (Å²) in [5.41, 5.74) is 1.85. The fraction of sp³-hybridized carbons (Fsp3) is 0.286. The molecule has 1 saturated heterocycles. The van der Waals surface area contributed by atoms with E-state index in [0.29, 0.717) is 22.6 Å². The summed E-state index contributed by atoms with van der Waals surface area (Å²) in [6, 6.07) is 17.4. The van der Waals surface area contributed by atoms with Crippen LogP contribution in [0.5, 0.6) is 11.5 Å². The van der Waals surface area contributed by atoms with Gasteiger partial charge in [0.05, 0.1) is 11.5 Å². The predicted octanol–water partition coefficient (Wildman–Crippen LogP) is 4.91. The molecule has 6 nitrogen and oxygen atoms in total. The van der Waals surface area contributed by atoms with E-state index >= 15 is 0 Å². The standard InChI is InChI=1S/C28H25F3N2O4/c1-17-5-8-19(9-6-17)27(35)33-14-22(20-3-2-4-21(12-20)28(29,30)31)23(15-33)26(34)32-13-18-7-10-24-25(11-18)37-16-36-24/h2-12,22-23H,13-16H2,1H3,(H,32,34)/t22-,23-/m0/s1. The van der Waals surface area contributed by atoms with Gasteiger partial charge in [0.1, 0.15) is 0 Å². The van der Waals surface area contributed by atoms with Crippen molar-refractivity contribution in [1.29, 1.82) is 0 Å². The number of likely N-dealkylation sites (tertiary alicyclic amines) is 1. The Balaban J connectivity index is 1.38. The van der Waals surface area contributed by atoms with Gasteiger partial charge in [0.25, 0.3) is 5.91 Å². The monoisotopic (exact) mass is 510 g/mol. The van der Waals surface area contributed by atoms with Crippen LogP contribution in [0.4, 0.5) is 13.2 Å². The maximum atomic E-state index is 13.4. The first-order valence-corrected chi connectivity index (χ1v) is 11.9. The van der Waals surface area contributed by atoms with Crippen LogP contribution in [0.25, 0.3) is 0 Å². The normalized spacial score (nSPS) is 18.6. The van der Waals surface area contributed by atoms with Crippen molar-refractivity contribution in [2.24, 2.45) is 5.92 Å². The van der Waals surface area contributed by atoms with Gasteiger partial charge in [0, 0.05) is 31.1 Å². The van der Waals surface area contributed by atoms with Crippen molar-refractivity contribution in [3.63, 3.8) is 0 Å². The molecule has 0 aromatic heterocycles. The van der Waals surface area contributed by atoms with E-state index in [0.717, 1.165) is 23.3 Å². The SMILES string of the molecule is Cc1ccc(C(=O)N2C[C@H](C(=O)NCc3ccc4c(c3)OCO4)[C@H](c3cccc(C(F)(F)F)c3)C2)cc1. The van der Waals surface area contributed by atoms with E-state index in [1.54, 1.807) is 41.3 Å². The number of nitrogens with one attached hydrogen (secondary N) is 1. The smallest absolute Gasteiger partial charge is 0.416 e. The first kappa shape index (κ1) is 24.7. The van der Waals surface area contributed by atoms with Crippen molar-refractivity contribution < 1.29 is 32.2 Å². The average Bonchev–Trinajstić information content (AvgIpc) is 3.54. The van der Waals surface area contributed by atoms with Crippen molar-refractivity contribution in [3.05, 3.63) is 94.5 Å². The van der Waals surface area contributed by atoms with E-state index < -0.39 is 23.6 Å². The number of hydrogen-bond donors (Lipinski definition) is 1. The van der Waals surface area contributed by atoms with Gasteiger partial charge in [0.15, 0.2) is 11.5 Å². The van der Waals surface area contributed by atoms with Crippen molar-refractivity contribution >= 4 is 11.8 Å². The van der Waals surface area contributed by atoms with Crippen LogP contribution in [0.15, 0.2) is 66.7 Å². The molecule has 0 spiro atoms. The number of ether oxygens (including phenoxy) is 2. The summed E-state index contributed by atoms with van der Waals surface area (Å²) in [6.45, 7) is 2.48. The van der Waals surface area contributed by atoms with Crippen LogP contribution in [0, 0.1) is 12.8 Å². The van der Waals surface area contributed by atoms with E-state index in [4.69, 9.17) is 9.47 Å². The molecular weight excluding hydrogens is 485 g/mol. The Morgan fingerprint density at radius 3 is 2.49 bits per heavy atom. The molecular formula is C28H25F3N2O4. The minimum Gasteiger partial charge on any atom is -0.454 e. The first-order valence-electron chi connectivity index (χ1n) is 11.9. The summed E-state index contributed by atoms with van der Waals surface area (Å²) in [4.78, 5) is 28.1. The number of amides is 2. The zero-order valence-electron chi connectivity index (χ0n) is 20.0. The lowest BCUT2D eigenvalue weighted by Crippen LogP contribution is -2.35. The highest BCUT2D eigenvalue weighted by Crippen LogP contribution is 2.37. The molecule has 1 fully saturated rings. The number of hydrogen-bond acceptors (Lipinski definition) is 4. The van der Waals surface area contributed by atoms with Crippen LogP contribution in [0.1, 0.15) is 38.5 Å². The highest BCUT2D eigenvalue weighted by molar-refractivity contribution is 5.95. The second-order valence-electron chi connectivity index (χ2n) is 9.32. The Morgan fingerprint density at radius 1 is 0.973 bits per heavy atom. The molecule has 0 saturated carbocycles. The second kappa shape index (κ2) is 9.80.